The molecule has 0 saturated carbocycles. The molecule has 0 N–H and O–H groups in total. The minimum absolute atomic E-state index is 0.248. The van der Waals surface area contributed by atoms with Crippen LogP contribution in [0, 0.1) is 5.82 Å². The van der Waals surface area contributed by atoms with Gasteiger partial charge in [-0.2, -0.15) is 0 Å². The zero-order valence-electron chi connectivity index (χ0n) is 11.5. The van der Waals surface area contributed by atoms with E-state index in [2.05, 4.69) is 35.0 Å². The van der Waals surface area contributed by atoms with Crippen molar-refractivity contribution in [2.75, 3.05) is 0 Å². The molecular weight excluding hydrogens is 319 g/mol. The number of ether oxygens (including phenoxy) is 1. The Morgan fingerprint density at radius 1 is 1.10 bits per heavy atom. The van der Waals surface area contributed by atoms with E-state index in [1.54, 1.807) is 6.07 Å². The van der Waals surface area contributed by atoms with Crippen LogP contribution in [0.2, 0.25) is 0 Å². The summed E-state index contributed by atoms with van der Waals surface area (Å²) in [6, 6.07) is 12.7. The van der Waals surface area contributed by atoms with Crippen LogP contribution in [-0.2, 0) is 11.8 Å². The number of unbranched alkanes of at least 4 members (excludes halogenated alkanes) is 1. The van der Waals surface area contributed by atoms with E-state index in [0.29, 0.717) is 11.1 Å². The second-order valence-corrected chi connectivity index (χ2v) is 5.30. The van der Waals surface area contributed by atoms with Gasteiger partial charge in [0.25, 0.3) is 0 Å². The summed E-state index contributed by atoms with van der Waals surface area (Å²) in [5.41, 5.74) is 2.12. The maximum Gasteiger partial charge on any atom is 0.131 e. The van der Waals surface area contributed by atoms with Gasteiger partial charge >= 0.3 is 0 Å². The Morgan fingerprint density at radius 2 is 1.85 bits per heavy atom. The van der Waals surface area contributed by atoms with Crippen molar-refractivity contribution in [1.82, 2.24) is 0 Å². The standard InChI is InChI=1S/C17H18BrFO/c1-2-3-4-13-5-8-16(9-6-13)20-17-10-7-15(19)11-14(17)12-18/h5-11H,2-4,12H2,1H3. The molecule has 106 valence electrons. The molecule has 0 bridgehead atoms. The summed E-state index contributed by atoms with van der Waals surface area (Å²) in [5, 5.41) is 0.564. The van der Waals surface area contributed by atoms with Gasteiger partial charge in [0, 0.05) is 10.9 Å². The Morgan fingerprint density at radius 3 is 2.50 bits per heavy atom. The average Bonchev–Trinajstić information content (AvgIpc) is 2.48. The largest absolute Gasteiger partial charge is 0.457 e. The number of rotatable bonds is 6. The highest BCUT2D eigenvalue weighted by atomic mass is 79.9. The second-order valence-electron chi connectivity index (χ2n) is 4.74. The van der Waals surface area contributed by atoms with E-state index < -0.39 is 0 Å². The summed E-state index contributed by atoms with van der Waals surface area (Å²) in [6.07, 6.45) is 3.49. The smallest absolute Gasteiger partial charge is 0.131 e. The first kappa shape index (κ1) is 15.0. The Balaban J connectivity index is 2.10. The normalized spacial score (nSPS) is 10.6. The minimum Gasteiger partial charge on any atom is -0.457 e. The highest BCUT2D eigenvalue weighted by Gasteiger charge is 2.05. The van der Waals surface area contributed by atoms with Gasteiger partial charge < -0.3 is 4.74 Å². The second kappa shape index (κ2) is 7.44. The van der Waals surface area contributed by atoms with Gasteiger partial charge in [-0.15, -0.1) is 0 Å². The van der Waals surface area contributed by atoms with Crippen LogP contribution in [0.3, 0.4) is 0 Å². The minimum atomic E-state index is -0.248. The molecule has 0 saturated heterocycles. The zero-order valence-corrected chi connectivity index (χ0v) is 13.1. The monoisotopic (exact) mass is 336 g/mol. The number of benzene rings is 2. The maximum absolute atomic E-state index is 13.2. The van der Waals surface area contributed by atoms with E-state index in [0.717, 1.165) is 17.7 Å². The van der Waals surface area contributed by atoms with Gasteiger partial charge in [-0.1, -0.05) is 41.4 Å². The summed E-state index contributed by atoms with van der Waals surface area (Å²) >= 11 is 3.35. The summed E-state index contributed by atoms with van der Waals surface area (Å²) in [5.74, 6) is 1.21. The van der Waals surface area contributed by atoms with Crippen molar-refractivity contribution in [3.63, 3.8) is 0 Å². The van der Waals surface area contributed by atoms with Crippen LogP contribution in [0.1, 0.15) is 30.9 Å². The lowest BCUT2D eigenvalue weighted by atomic mass is 10.1. The van der Waals surface area contributed by atoms with Gasteiger partial charge in [0.05, 0.1) is 0 Å². The van der Waals surface area contributed by atoms with E-state index >= 15 is 0 Å². The SMILES string of the molecule is CCCCc1ccc(Oc2ccc(F)cc2CBr)cc1. The molecule has 2 rings (SSSR count). The van der Waals surface area contributed by atoms with E-state index in [4.69, 9.17) is 4.74 Å². The lowest BCUT2D eigenvalue weighted by Gasteiger charge is -2.10. The fourth-order valence-electron chi connectivity index (χ4n) is 1.98. The van der Waals surface area contributed by atoms with Gasteiger partial charge in [0.2, 0.25) is 0 Å². The Labute approximate surface area is 127 Å². The van der Waals surface area contributed by atoms with E-state index in [-0.39, 0.29) is 5.82 Å². The third-order valence-electron chi connectivity index (χ3n) is 3.14. The summed E-state index contributed by atoms with van der Waals surface area (Å²) in [7, 11) is 0. The number of halogens is 2. The Hall–Kier alpha value is -1.35. The molecule has 0 radical (unpaired) electrons. The van der Waals surface area contributed by atoms with Gasteiger partial charge in [-0.3, -0.25) is 0 Å². The van der Waals surface area contributed by atoms with Crippen LogP contribution in [0.5, 0.6) is 11.5 Å². The van der Waals surface area contributed by atoms with E-state index in [1.807, 2.05) is 12.1 Å². The Bertz CT molecular complexity index is 551. The number of aryl methyl sites for hydroxylation is 1. The molecule has 1 nitrogen and oxygen atoms in total. The number of hydrogen-bond donors (Lipinski definition) is 0. The van der Waals surface area contributed by atoms with E-state index in [9.17, 15) is 4.39 Å². The van der Waals surface area contributed by atoms with Crippen molar-refractivity contribution in [3.05, 3.63) is 59.4 Å². The molecule has 0 spiro atoms. The van der Waals surface area contributed by atoms with Crippen LogP contribution in [0.25, 0.3) is 0 Å². The molecule has 3 heteroatoms. The van der Waals surface area contributed by atoms with Crippen molar-refractivity contribution in [2.45, 2.75) is 31.5 Å². The lowest BCUT2D eigenvalue weighted by Crippen LogP contribution is -1.91. The molecule has 0 aliphatic heterocycles. The van der Waals surface area contributed by atoms with Crippen molar-refractivity contribution in [1.29, 1.82) is 0 Å². The van der Waals surface area contributed by atoms with Crippen LogP contribution in [0.15, 0.2) is 42.5 Å². The average molecular weight is 337 g/mol. The molecule has 0 heterocycles. The fourth-order valence-corrected chi connectivity index (χ4v) is 2.42. The van der Waals surface area contributed by atoms with Gasteiger partial charge in [-0.25, -0.2) is 4.39 Å². The molecule has 2 aromatic rings. The van der Waals surface area contributed by atoms with Crippen molar-refractivity contribution in [2.24, 2.45) is 0 Å². The van der Waals surface area contributed by atoms with Crippen molar-refractivity contribution >= 4 is 15.9 Å². The van der Waals surface area contributed by atoms with Crippen LogP contribution >= 0.6 is 15.9 Å². The molecule has 0 unspecified atom stereocenters. The maximum atomic E-state index is 13.2. The molecule has 2 aromatic carbocycles. The van der Waals surface area contributed by atoms with Gasteiger partial charge in [0.15, 0.2) is 0 Å². The van der Waals surface area contributed by atoms with Crippen molar-refractivity contribution < 1.29 is 9.13 Å². The third kappa shape index (κ3) is 4.07. The first-order valence-electron chi connectivity index (χ1n) is 6.84. The van der Waals surface area contributed by atoms with Gasteiger partial charge in [-0.05, 0) is 48.7 Å². The quantitative estimate of drug-likeness (QED) is 0.600. The molecule has 0 aliphatic carbocycles. The van der Waals surface area contributed by atoms with E-state index in [1.165, 1.54) is 30.5 Å². The van der Waals surface area contributed by atoms with Crippen molar-refractivity contribution in [3.8, 4) is 11.5 Å². The molecule has 20 heavy (non-hydrogen) atoms. The molecule has 0 fully saturated rings. The predicted octanol–water partition coefficient (Wildman–Crippen LogP) is 5.86. The predicted molar refractivity (Wildman–Crippen MR) is 84.2 cm³/mol. The van der Waals surface area contributed by atoms with Gasteiger partial charge in [0.1, 0.15) is 17.3 Å². The number of hydrogen-bond acceptors (Lipinski definition) is 1. The molecule has 0 amide bonds. The third-order valence-corrected chi connectivity index (χ3v) is 3.74. The topological polar surface area (TPSA) is 9.23 Å². The summed E-state index contributed by atoms with van der Waals surface area (Å²) in [4.78, 5) is 0. The van der Waals surface area contributed by atoms with Crippen LogP contribution < -0.4 is 4.74 Å². The van der Waals surface area contributed by atoms with Crippen LogP contribution in [-0.4, -0.2) is 0 Å². The fraction of sp³-hybridized carbons (Fsp3) is 0.294. The van der Waals surface area contributed by atoms with Crippen LogP contribution in [0.4, 0.5) is 4.39 Å². The molecule has 0 atom stereocenters. The zero-order chi connectivity index (χ0) is 14.4. The first-order valence-corrected chi connectivity index (χ1v) is 7.96. The number of alkyl halides is 1. The lowest BCUT2D eigenvalue weighted by molar-refractivity contribution is 0.476. The molecule has 0 aliphatic rings. The first-order chi connectivity index (χ1) is 9.72. The summed E-state index contributed by atoms with van der Waals surface area (Å²) in [6.45, 7) is 2.19. The Kier molecular flexibility index (Phi) is 5.60. The molecular formula is C17H18BrFO. The summed E-state index contributed by atoms with van der Waals surface area (Å²) < 4.78 is 19.0. The molecule has 0 aromatic heterocycles. The highest BCUT2D eigenvalue weighted by Crippen LogP contribution is 2.28. The highest BCUT2D eigenvalue weighted by molar-refractivity contribution is 9.08.